The molecule has 0 atom stereocenters. The monoisotopic (exact) mass is 354 g/mol. The highest BCUT2D eigenvalue weighted by atomic mass is 16.1. The van der Waals surface area contributed by atoms with E-state index >= 15 is 0 Å². The fourth-order valence-corrected chi connectivity index (χ4v) is 2.91. The standard InChI is InChI=1S/C18H22N6O2/c1-12-15(13(2)23(3)21-12)11-19-17(25)9-6-10-24-18(26)14-7-4-5-8-16(14)20-22-24/h4-5,7-8H,6,9-11H2,1-3H3,(H,19,25). The quantitative estimate of drug-likeness (QED) is 0.719. The van der Waals surface area contributed by atoms with Crippen molar-refractivity contribution in [3.63, 3.8) is 0 Å². The molecule has 3 aromatic rings. The number of benzene rings is 1. The first-order chi connectivity index (χ1) is 12.5. The van der Waals surface area contributed by atoms with E-state index in [0.717, 1.165) is 17.0 Å². The van der Waals surface area contributed by atoms with Gasteiger partial charge in [0.1, 0.15) is 5.52 Å². The van der Waals surface area contributed by atoms with Crippen LogP contribution >= 0.6 is 0 Å². The van der Waals surface area contributed by atoms with Gasteiger partial charge in [0.05, 0.1) is 11.1 Å². The third-order valence-electron chi connectivity index (χ3n) is 4.52. The number of aromatic nitrogens is 5. The van der Waals surface area contributed by atoms with Crippen molar-refractivity contribution in [3.05, 3.63) is 51.6 Å². The molecule has 0 aliphatic carbocycles. The molecule has 0 aliphatic heterocycles. The Morgan fingerprint density at radius 2 is 2.00 bits per heavy atom. The molecule has 1 N–H and O–H groups in total. The summed E-state index contributed by atoms with van der Waals surface area (Å²) in [5, 5.41) is 15.8. The summed E-state index contributed by atoms with van der Waals surface area (Å²) in [7, 11) is 1.88. The molecule has 0 aliphatic rings. The SMILES string of the molecule is Cc1nn(C)c(C)c1CNC(=O)CCCn1nnc2ccccc2c1=O. The van der Waals surface area contributed by atoms with Crippen molar-refractivity contribution in [1.29, 1.82) is 0 Å². The average molecular weight is 354 g/mol. The number of rotatable bonds is 6. The lowest BCUT2D eigenvalue weighted by Gasteiger charge is -2.07. The number of nitrogens with one attached hydrogen (secondary N) is 1. The smallest absolute Gasteiger partial charge is 0.277 e. The van der Waals surface area contributed by atoms with Crippen LogP contribution in [-0.2, 0) is 24.9 Å². The Bertz CT molecular complexity index is 1000. The van der Waals surface area contributed by atoms with E-state index in [4.69, 9.17) is 0 Å². The first-order valence-corrected chi connectivity index (χ1v) is 8.55. The van der Waals surface area contributed by atoms with Gasteiger partial charge >= 0.3 is 0 Å². The summed E-state index contributed by atoms with van der Waals surface area (Å²) in [5.74, 6) is -0.0607. The van der Waals surface area contributed by atoms with E-state index in [-0.39, 0.29) is 11.5 Å². The molecular weight excluding hydrogens is 332 g/mol. The van der Waals surface area contributed by atoms with Gasteiger partial charge in [-0.05, 0) is 32.4 Å². The molecule has 0 spiro atoms. The largest absolute Gasteiger partial charge is 0.352 e. The highest BCUT2D eigenvalue weighted by Crippen LogP contribution is 2.11. The van der Waals surface area contributed by atoms with Gasteiger partial charge in [-0.15, -0.1) is 5.10 Å². The van der Waals surface area contributed by atoms with Crippen molar-refractivity contribution >= 4 is 16.8 Å². The van der Waals surface area contributed by atoms with Crippen LogP contribution in [0.25, 0.3) is 10.9 Å². The summed E-state index contributed by atoms with van der Waals surface area (Å²) in [4.78, 5) is 24.4. The molecule has 0 fully saturated rings. The Hall–Kier alpha value is -3.03. The summed E-state index contributed by atoms with van der Waals surface area (Å²) in [6.45, 7) is 4.72. The maximum absolute atomic E-state index is 12.3. The van der Waals surface area contributed by atoms with Crippen LogP contribution in [0.2, 0.25) is 0 Å². The minimum Gasteiger partial charge on any atom is -0.352 e. The van der Waals surface area contributed by atoms with Crippen molar-refractivity contribution in [3.8, 4) is 0 Å². The number of carbonyl (C=O) groups is 1. The molecule has 0 unspecified atom stereocenters. The Balaban J connectivity index is 1.54. The number of hydrogen-bond acceptors (Lipinski definition) is 5. The Kier molecular flexibility index (Phi) is 5.11. The summed E-state index contributed by atoms with van der Waals surface area (Å²) >= 11 is 0. The Morgan fingerprint density at radius 3 is 2.73 bits per heavy atom. The van der Waals surface area contributed by atoms with Gasteiger partial charge in [-0.1, -0.05) is 17.3 Å². The lowest BCUT2D eigenvalue weighted by Crippen LogP contribution is -2.26. The Morgan fingerprint density at radius 1 is 1.23 bits per heavy atom. The topological polar surface area (TPSA) is 94.7 Å². The fourth-order valence-electron chi connectivity index (χ4n) is 2.91. The predicted octanol–water partition coefficient (Wildman–Crippen LogP) is 1.24. The van der Waals surface area contributed by atoms with Crippen LogP contribution in [0.4, 0.5) is 0 Å². The van der Waals surface area contributed by atoms with E-state index < -0.39 is 0 Å². The fraction of sp³-hybridized carbons (Fsp3) is 0.389. The third kappa shape index (κ3) is 3.63. The molecule has 0 radical (unpaired) electrons. The molecule has 0 saturated heterocycles. The zero-order valence-corrected chi connectivity index (χ0v) is 15.2. The third-order valence-corrected chi connectivity index (χ3v) is 4.52. The predicted molar refractivity (Wildman–Crippen MR) is 97.6 cm³/mol. The number of hydrogen-bond donors (Lipinski definition) is 1. The zero-order chi connectivity index (χ0) is 18.7. The highest BCUT2D eigenvalue weighted by molar-refractivity contribution is 5.76. The van der Waals surface area contributed by atoms with Crippen LogP contribution in [0.15, 0.2) is 29.1 Å². The second kappa shape index (κ2) is 7.47. The summed E-state index contributed by atoms with van der Waals surface area (Å²) in [6.07, 6.45) is 0.836. The molecule has 0 bridgehead atoms. The van der Waals surface area contributed by atoms with Gasteiger partial charge in [-0.2, -0.15) is 5.10 Å². The second-order valence-corrected chi connectivity index (χ2v) is 6.29. The van der Waals surface area contributed by atoms with Gasteiger partial charge in [-0.3, -0.25) is 14.3 Å². The van der Waals surface area contributed by atoms with Crippen LogP contribution in [0.1, 0.15) is 29.8 Å². The molecular formula is C18H22N6O2. The van der Waals surface area contributed by atoms with Crippen LogP contribution in [0.3, 0.4) is 0 Å². The van der Waals surface area contributed by atoms with Gasteiger partial charge in [-0.25, -0.2) is 4.68 Å². The molecule has 0 saturated carbocycles. The summed E-state index contributed by atoms with van der Waals surface area (Å²) in [5.41, 5.74) is 3.40. The lowest BCUT2D eigenvalue weighted by atomic mass is 10.2. The number of fused-ring (bicyclic) bond motifs is 1. The number of nitrogens with zero attached hydrogens (tertiary/aromatic N) is 5. The zero-order valence-electron chi connectivity index (χ0n) is 15.2. The van der Waals surface area contributed by atoms with E-state index in [2.05, 4.69) is 20.7 Å². The number of amides is 1. The summed E-state index contributed by atoms with van der Waals surface area (Å²) in [6, 6.07) is 7.10. The van der Waals surface area contributed by atoms with Gasteiger partial charge < -0.3 is 5.32 Å². The van der Waals surface area contributed by atoms with Crippen LogP contribution in [-0.4, -0.2) is 30.7 Å². The number of carbonyl (C=O) groups excluding carboxylic acids is 1. The maximum atomic E-state index is 12.3. The average Bonchev–Trinajstić information content (AvgIpc) is 2.87. The highest BCUT2D eigenvalue weighted by Gasteiger charge is 2.11. The van der Waals surface area contributed by atoms with Gasteiger partial charge in [0, 0.05) is 37.8 Å². The van der Waals surface area contributed by atoms with Crippen molar-refractivity contribution in [1.82, 2.24) is 30.1 Å². The van der Waals surface area contributed by atoms with E-state index in [1.165, 1.54) is 4.68 Å². The van der Waals surface area contributed by atoms with Gasteiger partial charge in [0.25, 0.3) is 5.56 Å². The molecule has 2 aromatic heterocycles. The van der Waals surface area contributed by atoms with Crippen LogP contribution in [0, 0.1) is 13.8 Å². The van der Waals surface area contributed by atoms with Crippen LogP contribution in [0.5, 0.6) is 0 Å². The lowest BCUT2D eigenvalue weighted by molar-refractivity contribution is -0.121. The molecule has 2 heterocycles. The first-order valence-electron chi connectivity index (χ1n) is 8.55. The van der Waals surface area contributed by atoms with E-state index in [0.29, 0.717) is 36.8 Å². The van der Waals surface area contributed by atoms with E-state index in [9.17, 15) is 9.59 Å². The molecule has 1 amide bonds. The number of aryl methyl sites for hydroxylation is 3. The van der Waals surface area contributed by atoms with Crippen LogP contribution < -0.4 is 10.9 Å². The normalized spacial score (nSPS) is 11.0. The second-order valence-electron chi connectivity index (χ2n) is 6.29. The first kappa shape index (κ1) is 17.8. The molecule has 8 nitrogen and oxygen atoms in total. The van der Waals surface area contributed by atoms with Gasteiger partial charge in [0.15, 0.2) is 0 Å². The Labute approximate surface area is 150 Å². The molecule has 26 heavy (non-hydrogen) atoms. The van der Waals surface area contributed by atoms with Crippen molar-refractivity contribution in [2.75, 3.05) is 0 Å². The van der Waals surface area contributed by atoms with E-state index in [1.807, 2.05) is 31.6 Å². The van der Waals surface area contributed by atoms with Gasteiger partial charge in [0.2, 0.25) is 5.91 Å². The minimum absolute atomic E-state index is 0.0607. The molecule has 1 aromatic carbocycles. The molecule has 8 heteroatoms. The van der Waals surface area contributed by atoms with Crippen molar-refractivity contribution in [2.45, 2.75) is 39.8 Å². The molecule has 3 rings (SSSR count). The van der Waals surface area contributed by atoms with E-state index in [1.54, 1.807) is 18.2 Å². The maximum Gasteiger partial charge on any atom is 0.277 e. The van der Waals surface area contributed by atoms with Crippen molar-refractivity contribution in [2.24, 2.45) is 7.05 Å². The minimum atomic E-state index is -0.183. The molecule has 136 valence electrons. The van der Waals surface area contributed by atoms with Crippen molar-refractivity contribution < 1.29 is 4.79 Å². The summed E-state index contributed by atoms with van der Waals surface area (Å²) < 4.78 is 3.12.